The Balaban J connectivity index is 0.000000433. The summed E-state index contributed by atoms with van der Waals surface area (Å²) < 4.78 is 39.4. The fraction of sp³-hybridized carbons (Fsp3) is 0.619. The molecule has 1 aliphatic rings. The molecule has 1 fully saturated rings. The summed E-state index contributed by atoms with van der Waals surface area (Å²) >= 11 is 0. The normalized spacial score (nSPS) is 18.2. The van der Waals surface area contributed by atoms with Crippen molar-refractivity contribution in [2.45, 2.75) is 45.2 Å². The molecule has 0 aliphatic carbocycles. The van der Waals surface area contributed by atoms with Crippen LogP contribution < -0.4 is 5.32 Å². The number of hydrogen-bond acceptors (Lipinski definition) is 6. The summed E-state index contributed by atoms with van der Waals surface area (Å²) in [6.07, 6.45) is -7.71. The lowest BCUT2D eigenvalue weighted by atomic mass is 10.0. The second-order valence-electron chi connectivity index (χ2n) is 8.17. The van der Waals surface area contributed by atoms with Crippen LogP contribution in [0.15, 0.2) is 24.3 Å². The number of halogens is 3. The lowest BCUT2D eigenvalue weighted by Crippen LogP contribution is -2.39. The first kappa shape index (κ1) is 27.8. The Morgan fingerprint density at radius 1 is 1.12 bits per heavy atom. The van der Waals surface area contributed by atoms with Gasteiger partial charge in [0.25, 0.3) is 0 Å². The quantitative estimate of drug-likeness (QED) is 0.373. The van der Waals surface area contributed by atoms with E-state index in [-0.39, 0.29) is 0 Å². The summed E-state index contributed by atoms with van der Waals surface area (Å²) in [4.78, 5) is 21.7. The number of aliphatic carboxylic acids is 2. The minimum absolute atomic E-state index is 0.365. The van der Waals surface area contributed by atoms with Gasteiger partial charge in [-0.2, -0.15) is 13.2 Å². The van der Waals surface area contributed by atoms with Crippen molar-refractivity contribution < 1.29 is 43.2 Å². The molecule has 0 spiro atoms. The zero-order valence-electron chi connectivity index (χ0n) is 18.0. The molecule has 32 heavy (non-hydrogen) atoms. The third-order valence-corrected chi connectivity index (χ3v) is 4.82. The SMILES string of the molecule is CC(C)CN(Cc1ccccc1C(F)(F)F)C[C@H]1CCNC1.O=C(O)[C@H](O)[C@@H](O)C(=O)O. The highest BCUT2D eigenvalue weighted by Gasteiger charge is 2.33. The van der Waals surface area contributed by atoms with Crippen LogP contribution in [0.1, 0.15) is 31.4 Å². The first-order chi connectivity index (χ1) is 14.8. The Hall–Kier alpha value is -2.21. The molecular weight excluding hydrogens is 433 g/mol. The first-order valence-electron chi connectivity index (χ1n) is 10.2. The fourth-order valence-electron chi connectivity index (χ4n) is 3.40. The van der Waals surface area contributed by atoms with E-state index in [1.165, 1.54) is 12.1 Å². The summed E-state index contributed by atoms with van der Waals surface area (Å²) in [5.74, 6) is -2.56. The van der Waals surface area contributed by atoms with Crippen LogP contribution in [0.3, 0.4) is 0 Å². The summed E-state index contributed by atoms with van der Waals surface area (Å²) in [5, 5.41) is 35.8. The number of rotatable bonds is 9. The third kappa shape index (κ3) is 9.51. The molecule has 1 aromatic rings. The van der Waals surface area contributed by atoms with Crippen LogP contribution in [0.5, 0.6) is 0 Å². The van der Waals surface area contributed by atoms with Crippen molar-refractivity contribution in [2.75, 3.05) is 26.2 Å². The van der Waals surface area contributed by atoms with Crippen molar-refractivity contribution in [2.24, 2.45) is 11.8 Å². The Bertz CT molecular complexity index is 720. The van der Waals surface area contributed by atoms with Gasteiger partial charge in [0.2, 0.25) is 0 Å². The molecule has 1 aromatic carbocycles. The Labute approximate surface area is 184 Å². The molecule has 1 saturated heterocycles. The monoisotopic (exact) mass is 464 g/mol. The second kappa shape index (κ2) is 12.7. The summed E-state index contributed by atoms with van der Waals surface area (Å²) in [7, 11) is 0. The van der Waals surface area contributed by atoms with E-state index >= 15 is 0 Å². The predicted octanol–water partition coefficient (Wildman–Crippen LogP) is 1.65. The van der Waals surface area contributed by atoms with Gasteiger partial charge in [-0.05, 0) is 43.0 Å². The number of carboxylic acid groups (broad SMARTS) is 2. The van der Waals surface area contributed by atoms with E-state index in [2.05, 4.69) is 24.1 Å². The summed E-state index contributed by atoms with van der Waals surface area (Å²) in [5.41, 5.74) is -0.130. The Kier molecular flexibility index (Phi) is 11.1. The van der Waals surface area contributed by atoms with Crippen LogP contribution in [0.25, 0.3) is 0 Å². The van der Waals surface area contributed by atoms with E-state index in [0.29, 0.717) is 23.9 Å². The highest BCUT2D eigenvalue weighted by molar-refractivity contribution is 5.83. The fourth-order valence-corrected chi connectivity index (χ4v) is 3.40. The van der Waals surface area contributed by atoms with E-state index in [0.717, 1.165) is 32.6 Å². The van der Waals surface area contributed by atoms with Crippen molar-refractivity contribution in [3.05, 3.63) is 35.4 Å². The average molecular weight is 464 g/mol. The van der Waals surface area contributed by atoms with Gasteiger partial charge >= 0.3 is 18.1 Å². The summed E-state index contributed by atoms with van der Waals surface area (Å²) in [6, 6.07) is 5.93. The van der Waals surface area contributed by atoms with Crippen molar-refractivity contribution >= 4 is 11.9 Å². The van der Waals surface area contributed by atoms with Gasteiger partial charge < -0.3 is 25.7 Å². The van der Waals surface area contributed by atoms with Crippen molar-refractivity contribution in [3.8, 4) is 0 Å². The Morgan fingerprint density at radius 2 is 1.69 bits per heavy atom. The van der Waals surface area contributed by atoms with Gasteiger partial charge in [0, 0.05) is 19.6 Å². The first-order valence-corrected chi connectivity index (χ1v) is 10.2. The van der Waals surface area contributed by atoms with Gasteiger partial charge in [-0.15, -0.1) is 0 Å². The van der Waals surface area contributed by atoms with E-state index in [1.807, 2.05) is 0 Å². The zero-order valence-corrected chi connectivity index (χ0v) is 18.0. The largest absolute Gasteiger partial charge is 0.479 e. The maximum Gasteiger partial charge on any atom is 0.416 e. The molecule has 0 bridgehead atoms. The predicted molar refractivity (Wildman–Crippen MR) is 110 cm³/mol. The number of alkyl halides is 3. The highest BCUT2D eigenvalue weighted by atomic mass is 19.4. The number of carbonyl (C=O) groups is 2. The van der Waals surface area contributed by atoms with E-state index in [9.17, 15) is 22.8 Å². The van der Waals surface area contributed by atoms with Gasteiger partial charge in [0.1, 0.15) is 0 Å². The number of benzene rings is 1. The van der Waals surface area contributed by atoms with E-state index in [4.69, 9.17) is 20.4 Å². The third-order valence-electron chi connectivity index (χ3n) is 4.82. The number of aliphatic hydroxyl groups is 2. The van der Waals surface area contributed by atoms with Crippen LogP contribution in [-0.2, 0) is 22.3 Å². The van der Waals surface area contributed by atoms with Crippen LogP contribution in [0.2, 0.25) is 0 Å². The molecule has 182 valence electrons. The number of aliphatic hydroxyl groups excluding tert-OH is 2. The van der Waals surface area contributed by atoms with Crippen LogP contribution in [0.4, 0.5) is 13.2 Å². The van der Waals surface area contributed by atoms with Gasteiger partial charge in [-0.25, -0.2) is 9.59 Å². The molecule has 0 saturated carbocycles. The van der Waals surface area contributed by atoms with Crippen molar-refractivity contribution in [1.29, 1.82) is 0 Å². The smallest absolute Gasteiger partial charge is 0.416 e. The zero-order chi connectivity index (χ0) is 24.5. The molecule has 0 amide bonds. The second-order valence-corrected chi connectivity index (χ2v) is 8.17. The molecule has 5 N–H and O–H groups in total. The van der Waals surface area contributed by atoms with Gasteiger partial charge in [-0.3, -0.25) is 4.90 Å². The van der Waals surface area contributed by atoms with E-state index in [1.54, 1.807) is 12.1 Å². The minimum Gasteiger partial charge on any atom is -0.479 e. The van der Waals surface area contributed by atoms with Gasteiger partial charge in [0.15, 0.2) is 12.2 Å². The van der Waals surface area contributed by atoms with Crippen LogP contribution in [0, 0.1) is 11.8 Å². The number of hydrogen-bond donors (Lipinski definition) is 5. The maximum atomic E-state index is 13.1. The maximum absolute atomic E-state index is 13.1. The standard InChI is InChI=1S/C17H25F3N2.C4H6O6/c1-13(2)10-22(11-14-7-8-21-9-14)12-15-5-3-4-6-16(15)17(18,19)20;5-1(3(7)8)2(6)4(9)10/h3-6,13-14,21H,7-12H2,1-2H3;1-2,5-6H,(H,7,8)(H,9,10)/t14-;1-,2-/m01/s1. The number of carboxylic acids is 2. The van der Waals surface area contributed by atoms with Crippen LogP contribution >= 0.6 is 0 Å². The molecule has 8 nitrogen and oxygen atoms in total. The molecule has 1 aliphatic heterocycles. The van der Waals surface area contributed by atoms with Gasteiger partial charge in [-0.1, -0.05) is 32.0 Å². The minimum atomic E-state index is -4.28. The average Bonchev–Trinajstić information content (AvgIpc) is 3.19. The topological polar surface area (TPSA) is 130 Å². The van der Waals surface area contributed by atoms with Crippen molar-refractivity contribution in [1.82, 2.24) is 10.2 Å². The lowest BCUT2D eigenvalue weighted by molar-refractivity contribution is -0.165. The highest BCUT2D eigenvalue weighted by Crippen LogP contribution is 2.32. The summed E-state index contributed by atoms with van der Waals surface area (Å²) in [6.45, 7) is 8.24. The molecule has 11 heteroatoms. The number of nitrogens with zero attached hydrogens (tertiary/aromatic N) is 1. The molecule has 0 aromatic heterocycles. The molecular formula is C21H31F3N2O6. The molecule has 0 unspecified atom stereocenters. The lowest BCUT2D eigenvalue weighted by Gasteiger charge is -2.28. The van der Waals surface area contributed by atoms with Gasteiger partial charge in [0.05, 0.1) is 5.56 Å². The van der Waals surface area contributed by atoms with E-state index < -0.39 is 35.9 Å². The molecule has 2 rings (SSSR count). The number of nitrogens with one attached hydrogen (secondary N) is 1. The Morgan fingerprint density at radius 3 is 2.12 bits per heavy atom. The molecule has 3 atom stereocenters. The molecule has 0 radical (unpaired) electrons. The van der Waals surface area contributed by atoms with Crippen molar-refractivity contribution in [3.63, 3.8) is 0 Å². The molecule has 1 heterocycles. The van der Waals surface area contributed by atoms with Crippen LogP contribution in [-0.4, -0.2) is 75.7 Å².